The number of benzene rings is 6. The van der Waals surface area contributed by atoms with Crippen molar-refractivity contribution >= 4 is 76.1 Å². The molecule has 0 aliphatic heterocycles. The van der Waals surface area contributed by atoms with Gasteiger partial charge in [0.25, 0.3) is 0 Å². The normalized spacial score (nSPS) is 11.9. The van der Waals surface area contributed by atoms with E-state index in [4.69, 9.17) is 9.72 Å². The molecule has 0 saturated heterocycles. The van der Waals surface area contributed by atoms with Gasteiger partial charge in [0.05, 0.1) is 22.4 Å². The summed E-state index contributed by atoms with van der Waals surface area (Å²) < 4.78 is 11.5. The van der Waals surface area contributed by atoms with Crippen LogP contribution in [0, 0.1) is 20.8 Å². The lowest BCUT2D eigenvalue weighted by atomic mass is 9.88. The average Bonchev–Trinajstić information content (AvgIpc) is 3.69. The van der Waals surface area contributed by atoms with Gasteiger partial charge >= 0.3 is 0 Å². The van der Waals surface area contributed by atoms with Crippen LogP contribution < -0.4 is 15.4 Å². The van der Waals surface area contributed by atoms with Crippen molar-refractivity contribution in [3.05, 3.63) is 156 Å². The lowest BCUT2D eigenvalue weighted by Crippen LogP contribution is -2.12. The van der Waals surface area contributed by atoms with E-state index in [9.17, 15) is 0 Å². The zero-order valence-corrected chi connectivity index (χ0v) is 32.2. The van der Waals surface area contributed by atoms with E-state index < -0.39 is 0 Å². The third-order valence-corrected chi connectivity index (χ3v) is 11.5. The third kappa shape index (κ3) is 6.02. The van der Waals surface area contributed by atoms with Crippen molar-refractivity contribution in [2.45, 2.75) is 47.0 Å². The number of hydrogen-bond acceptors (Lipinski definition) is 5. The summed E-state index contributed by atoms with van der Waals surface area (Å²) in [7, 11) is 0. The van der Waals surface area contributed by atoms with Gasteiger partial charge in [0.15, 0.2) is 0 Å². The number of para-hydroxylation sites is 2. The smallest absolute Gasteiger partial charge is 0.137 e. The van der Waals surface area contributed by atoms with Crippen LogP contribution in [0.1, 0.15) is 43.0 Å². The predicted octanol–water partition coefficient (Wildman–Crippen LogP) is 14.0. The van der Waals surface area contributed by atoms with Crippen LogP contribution in [0.25, 0.3) is 47.8 Å². The Hall–Kier alpha value is -6.11. The van der Waals surface area contributed by atoms with Gasteiger partial charge in [-0.25, -0.2) is 4.98 Å². The van der Waals surface area contributed by atoms with Crippen LogP contribution in [0.4, 0.5) is 22.7 Å². The van der Waals surface area contributed by atoms with E-state index in [2.05, 4.69) is 166 Å². The Morgan fingerprint density at radius 2 is 1.35 bits per heavy atom. The average molecular weight is 723 g/mol. The molecule has 3 aromatic heterocycles. The van der Waals surface area contributed by atoms with E-state index in [0.717, 1.165) is 51.1 Å². The molecule has 6 heteroatoms. The van der Waals surface area contributed by atoms with E-state index >= 15 is 0 Å². The number of nitrogens with zero attached hydrogens (tertiary/aromatic N) is 2. The first-order chi connectivity index (χ1) is 26.1. The molecular formula is C48H42N4OS. The van der Waals surface area contributed by atoms with Gasteiger partial charge in [0.2, 0.25) is 0 Å². The second kappa shape index (κ2) is 13.1. The van der Waals surface area contributed by atoms with Gasteiger partial charge in [0, 0.05) is 60.6 Å². The second-order valence-electron chi connectivity index (χ2n) is 15.3. The Morgan fingerprint density at radius 3 is 2.15 bits per heavy atom. The highest BCUT2D eigenvalue weighted by molar-refractivity contribution is 7.26. The van der Waals surface area contributed by atoms with Gasteiger partial charge < -0.3 is 15.4 Å². The van der Waals surface area contributed by atoms with Crippen LogP contribution in [0.5, 0.6) is 11.5 Å². The maximum absolute atomic E-state index is 6.65. The molecule has 0 fully saturated rings. The van der Waals surface area contributed by atoms with Crippen molar-refractivity contribution < 1.29 is 4.74 Å². The van der Waals surface area contributed by atoms with Crippen LogP contribution in [-0.4, -0.2) is 9.55 Å². The van der Waals surface area contributed by atoms with Crippen LogP contribution in [0.2, 0.25) is 0 Å². The predicted molar refractivity (Wildman–Crippen MR) is 230 cm³/mol. The monoisotopic (exact) mass is 722 g/mol. The minimum absolute atomic E-state index is 0.0162. The summed E-state index contributed by atoms with van der Waals surface area (Å²) in [5.41, 5.74) is 11.2. The molecule has 0 amide bonds. The Kier molecular flexibility index (Phi) is 8.16. The van der Waals surface area contributed by atoms with Gasteiger partial charge in [-0.15, -0.1) is 11.3 Å². The first kappa shape index (κ1) is 33.7. The zero-order chi connectivity index (χ0) is 37.1. The van der Waals surface area contributed by atoms with Gasteiger partial charge in [-0.1, -0.05) is 80.9 Å². The molecule has 0 spiro atoms. The molecular weight excluding hydrogens is 681 g/mol. The molecule has 0 radical (unpaired) electrons. The molecule has 5 nitrogen and oxygen atoms in total. The van der Waals surface area contributed by atoms with Crippen molar-refractivity contribution in [2.24, 2.45) is 0 Å². The van der Waals surface area contributed by atoms with Crippen molar-refractivity contribution in [1.82, 2.24) is 9.55 Å². The highest BCUT2D eigenvalue weighted by atomic mass is 32.1. The van der Waals surface area contributed by atoms with Crippen LogP contribution in [0.15, 0.2) is 134 Å². The quantitative estimate of drug-likeness (QED) is 0.172. The number of rotatable bonds is 7. The van der Waals surface area contributed by atoms with Gasteiger partial charge in [-0.05, 0) is 104 Å². The number of aromatic nitrogens is 2. The van der Waals surface area contributed by atoms with E-state index in [0.29, 0.717) is 0 Å². The molecule has 9 aromatic rings. The molecule has 0 aliphatic rings. The fourth-order valence-electron chi connectivity index (χ4n) is 7.72. The SMILES string of the molecule is Cc1cc(C)c(Nc2ccccc2Nc2cccc(Oc3ccc4c5c6sc7ccccc7c6ccc5n(-c5cc(C(C)(C)C)ccn5)c4c3)c2)c(C)c1. The maximum atomic E-state index is 6.65. The molecule has 0 atom stereocenters. The maximum Gasteiger partial charge on any atom is 0.137 e. The van der Waals surface area contributed by atoms with Crippen LogP contribution in [-0.2, 0) is 5.41 Å². The number of fused-ring (bicyclic) bond motifs is 7. The standard InChI is InChI=1S/C48H42N4OS/c1-29-24-30(2)46(31(3)25-29)51-40-16-9-8-15-39(40)50-33-12-11-13-34(27-33)53-35-18-19-38-42(28-35)52(44-26-32(22-23-49-44)48(4,5)6)41-21-20-37-36-14-7-10-17-43(36)54-47(37)45(38)41/h7-28,50-51H,1-6H3. The fourth-order valence-corrected chi connectivity index (χ4v) is 8.98. The number of ether oxygens (including phenoxy) is 1. The summed E-state index contributed by atoms with van der Waals surface area (Å²) in [6.07, 6.45) is 1.93. The molecule has 0 unspecified atom stereocenters. The highest BCUT2D eigenvalue weighted by Gasteiger charge is 2.21. The van der Waals surface area contributed by atoms with Crippen LogP contribution in [0.3, 0.4) is 0 Å². The lowest BCUT2D eigenvalue weighted by molar-refractivity contribution is 0.483. The molecule has 266 valence electrons. The third-order valence-electron chi connectivity index (χ3n) is 10.3. The Bertz CT molecular complexity index is 2870. The number of anilines is 4. The number of thiophene rings is 1. The van der Waals surface area contributed by atoms with Crippen molar-refractivity contribution in [2.75, 3.05) is 10.6 Å². The summed E-state index contributed by atoms with van der Waals surface area (Å²) in [6.45, 7) is 13.2. The van der Waals surface area contributed by atoms with Gasteiger partial charge in [0.1, 0.15) is 17.3 Å². The Balaban J connectivity index is 1.11. The molecule has 2 N–H and O–H groups in total. The summed E-state index contributed by atoms with van der Waals surface area (Å²) in [5, 5.41) is 12.3. The summed E-state index contributed by atoms with van der Waals surface area (Å²) >= 11 is 1.86. The minimum Gasteiger partial charge on any atom is -0.457 e. The first-order valence-corrected chi connectivity index (χ1v) is 19.3. The molecule has 0 aliphatic carbocycles. The second-order valence-corrected chi connectivity index (χ2v) is 16.4. The Labute approximate surface area is 319 Å². The van der Waals surface area contributed by atoms with E-state index in [1.165, 1.54) is 53.2 Å². The highest BCUT2D eigenvalue weighted by Crippen LogP contribution is 2.44. The molecule has 3 heterocycles. The van der Waals surface area contributed by atoms with Gasteiger partial charge in [-0.2, -0.15) is 0 Å². The molecule has 6 aromatic carbocycles. The van der Waals surface area contributed by atoms with Crippen molar-refractivity contribution in [3.63, 3.8) is 0 Å². The molecule has 0 bridgehead atoms. The summed E-state index contributed by atoms with van der Waals surface area (Å²) in [6, 6.07) is 44.9. The fraction of sp³-hybridized carbons (Fsp3) is 0.146. The first-order valence-electron chi connectivity index (χ1n) is 18.4. The number of nitrogens with one attached hydrogen (secondary N) is 2. The summed E-state index contributed by atoms with van der Waals surface area (Å²) in [4.78, 5) is 4.94. The molecule has 0 saturated carbocycles. The van der Waals surface area contributed by atoms with Crippen LogP contribution >= 0.6 is 11.3 Å². The zero-order valence-electron chi connectivity index (χ0n) is 31.4. The van der Waals surface area contributed by atoms with E-state index in [1.54, 1.807) is 0 Å². The largest absolute Gasteiger partial charge is 0.457 e. The van der Waals surface area contributed by atoms with E-state index in [-0.39, 0.29) is 5.41 Å². The number of aryl methyl sites for hydroxylation is 3. The van der Waals surface area contributed by atoms with Crippen molar-refractivity contribution in [3.8, 4) is 17.3 Å². The summed E-state index contributed by atoms with van der Waals surface area (Å²) in [5.74, 6) is 2.41. The van der Waals surface area contributed by atoms with E-state index in [1.807, 2.05) is 35.7 Å². The lowest BCUT2D eigenvalue weighted by Gasteiger charge is -2.20. The Morgan fingerprint density at radius 1 is 0.630 bits per heavy atom. The topological polar surface area (TPSA) is 51.1 Å². The molecule has 9 rings (SSSR count). The van der Waals surface area contributed by atoms with Gasteiger partial charge in [-0.3, -0.25) is 4.57 Å². The number of hydrogen-bond donors (Lipinski definition) is 2. The van der Waals surface area contributed by atoms with Crippen molar-refractivity contribution in [1.29, 1.82) is 0 Å². The minimum atomic E-state index is -0.0162. The number of pyridine rings is 1. The molecule has 54 heavy (non-hydrogen) atoms.